The maximum Gasteiger partial charge on any atom is 0.235 e. The summed E-state index contributed by atoms with van der Waals surface area (Å²) in [6.07, 6.45) is 3.69. The van der Waals surface area contributed by atoms with Gasteiger partial charge in [0.05, 0.1) is 6.04 Å². The predicted molar refractivity (Wildman–Crippen MR) is 66.1 cm³/mol. The molecule has 1 aliphatic heterocycles. The average Bonchev–Trinajstić information content (AvgIpc) is 2.69. The molecule has 0 radical (unpaired) electrons. The van der Waals surface area contributed by atoms with Crippen LogP contribution in [0.4, 0.5) is 0 Å². The van der Waals surface area contributed by atoms with Gasteiger partial charge in [-0.2, -0.15) is 0 Å². The Kier molecular flexibility index (Phi) is 4.74. The van der Waals surface area contributed by atoms with Crippen molar-refractivity contribution in [3.63, 3.8) is 0 Å². The number of nitrogens with zero attached hydrogens (tertiary/aromatic N) is 1. The van der Waals surface area contributed by atoms with Gasteiger partial charge in [0, 0.05) is 13.1 Å². The van der Waals surface area contributed by atoms with E-state index in [4.69, 9.17) is 5.73 Å². The highest BCUT2D eigenvalue weighted by Gasteiger charge is 2.35. The molecule has 0 aromatic rings. The van der Waals surface area contributed by atoms with Crippen LogP contribution >= 0.6 is 0 Å². The van der Waals surface area contributed by atoms with E-state index in [0.29, 0.717) is 5.41 Å². The van der Waals surface area contributed by atoms with Gasteiger partial charge in [-0.1, -0.05) is 13.8 Å². The van der Waals surface area contributed by atoms with Crippen molar-refractivity contribution < 1.29 is 4.79 Å². The van der Waals surface area contributed by atoms with Crippen molar-refractivity contribution in [2.24, 2.45) is 11.1 Å². The number of nitrogens with two attached hydrogens (primary N) is 1. The van der Waals surface area contributed by atoms with Gasteiger partial charge in [0.25, 0.3) is 0 Å². The van der Waals surface area contributed by atoms with Crippen LogP contribution in [0, 0.1) is 5.41 Å². The molecule has 0 spiro atoms. The van der Waals surface area contributed by atoms with Crippen molar-refractivity contribution in [2.75, 3.05) is 26.7 Å². The van der Waals surface area contributed by atoms with Crippen molar-refractivity contribution in [1.29, 1.82) is 0 Å². The van der Waals surface area contributed by atoms with Crippen molar-refractivity contribution in [3.8, 4) is 0 Å². The normalized spacial score (nSPS) is 22.2. The first-order valence-electron chi connectivity index (χ1n) is 6.26. The highest BCUT2D eigenvalue weighted by atomic mass is 16.1. The summed E-state index contributed by atoms with van der Waals surface area (Å²) in [5, 5.41) is 2.98. The number of primary amides is 1. The Morgan fingerprint density at radius 3 is 2.50 bits per heavy atom. The molecule has 1 saturated heterocycles. The van der Waals surface area contributed by atoms with Gasteiger partial charge in [-0.15, -0.1) is 0 Å². The largest absolute Gasteiger partial charge is 0.368 e. The van der Waals surface area contributed by atoms with Crippen LogP contribution in [0.5, 0.6) is 0 Å². The first kappa shape index (κ1) is 13.5. The Bertz CT molecular complexity index is 238. The fourth-order valence-electron chi connectivity index (χ4n) is 2.59. The lowest BCUT2D eigenvalue weighted by Gasteiger charge is -2.27. The molecule has 0 aromatic carbocycles. The molecule has 94 valence electrons. The summed E-state index contributed by atoms with van der Waals surface area (Å²) >= 11 is 0. The summed E-state index contributed by atoms with van der Waals surface area (Å²) in [5.41, 5.74) is 5.80. The van der Waals surface area contributed by atoms with Crippen LogP contribution in [0.15, 0.2) is 0 Å². The third kappa shape index (κ3) is 2.95. The second kappa shape index (κ2) is 5.64. The zero-order valence-corrected chi connectivity index (χ0v) is 10.8. The lowest BCUT2D eigenvalue weighted by molar-refractivity contribution is -0.120. The minimum absolute atomic E-state index is 0.218. The van der Waals surface area contributed by atoms with Crippen LogP contribution in [0.1, 0.15) is 33.1 Å². The first-order chi connectivity index (χ1) is 7.56. The fourth-order valence-corrected chi connectivity index (χ4v) is 2.59. The van der Waals surface area contributed by atoms with Gasteiger partial charge >= 0.3 is 0 Å². The molecule has 4 nitrogen and oxygen atoms in total. The molecule has 3 N–H and O–H groups in total. The van der Waals surface area contributed by atoms with E-state index in [2.05, 4.69) is 24.1 Å². The van der Waals surface area contributed by atoms with Crippen molar-refractivity contribution in [3.05, 3.63) is 0 Å². The Morgan fingerprint density at radius 2 is 2.12 bits per heavy atom. The molecule has 1 atom stereocenters. The lowest BCUT2D eigenvalue weighted by Crippen LogP contribution is -2.47. The van der Waals surface area contributed by atoms with Crippen LogP contribution in [0.3, 0.4) is 0 Å². The first-order valence-corrected chi connectivity index (χ1v) is 6.26. The van der Waals surface area contributed by atoms with Crippen LogP contribution in [-0.2, 0) is 4.79 Å². The minimum Gasteiger partial charge on any atom is -0.368 e. The molecule has 0 aromatic heterocycles. The number of carbonyl (C=O) groups excluding carboxylic acids is 1. The molecule has 0 aliphatic carbocycles. The Labute approximate surface area is 98.6 Å². The van der Waals surface area contributed by atoms with Crippen molar-refractivity contribution >= 4 is 5.91 Å². The molecular weight excluding hydrogens is 202 g/mol. The minimum atomic E-state index is -0.256. The van der Waals surface area contributed by atoms with Gasteiger partial charge in [-0.05, 0) is 38.3 Å². The van der Waals surface area contributed by atoms with Crippen LogP contribution in [0.2, 0.25) is 0 Å². The lowest BCUT2D eigenvalue weighted by atomic mass is 9.82. The summed E-state index contributed by atoms with van der Waals surface area (Å²) in [7, 11) is 1.79. The number of hydrogen-bond donors (Lipinski definition) is 2. The molecule has 1 unspecified atom stereocenters. The van der Waals surface area contributed by atoms with Gasteiger partial charge in [0.1, 0.15) is 0 Å². The molecular formula is C12H25N3O. The van der Waals surface area contributed by atoms with Crippen molar-refractivity contribution in [1.82, 2.24) is 10.2 Å². The zero-order chi connectivity index (χ0) is 12.2. The quantitative estimate of drug-likeness (QED) is 0.697. The summed E-state index contributed by atoms with van der Waals surface area (Å²) in [5.74, 6) is -0.256. The highest BCUT2D eigenvalue weighted by Crippen LogP contribution is 2.36. The smallest absolute Gasteiger partial charge is 0.235 e. The SMILES string of the molecule is CCC1(CC)CCN(CC(NC)C(N)=O)C1. The molecule has 0 saturated carbocycles. The van der Waals surface area contributed by atoms with Gasteiger partial charge in [-0.25, -0.2) is 0 Å². The number of likely N-dealkylation sites (tertiary alicyclic amines) is 1. The monoisotopic (exact) mass is 227 g/mol. The fraction of sp³-hybridized carbons (Fsp3) is 0.917. The van der Waals surface area contributed by atoms with Crippen LogP contribution in [-0.4, -0.2) is 43.5 Å². The van der Waals surface area contributed by atoms with E-state index in [1.54, 1.807) is 7.05 Å². The number of amides is 1. The summed E-state index contributed by atoms with van der Waals surface area (Å²) in [4.78, 5) is 13.5. The van der Waals surface area contributed by atoms with E-state index >= 15 is 0 Å². The van der Waals surface area contributed by atoms with Gasteiger partial charge in [0.2, 0.25) is 5.91 Å². The van der Waals surface area contributed by atoms with Crippen LogP contribution in [0.25, 0.3) is 0 Å². The highest BCUT2D eigenvalue weighted by molar-refractivity contribution is 5.80. The second-order valence-corrected chi connectivity index (χ2v) is 4.94. The Morgan fingerprint density at radius 1 is 1.50 bits per heavy atom. The molecule has 1 rings (SSSR count). The molecule has 4 heteroatoms. The van der Waals surface area contributed by atoms with E-state index in [9.17, 15) is 4.79 Å². The molecule has 1 fully saturated rings. The number of carbonyl (C=O) groups is 1. The third-order valence-electron chi connectivity index (χ3n) is 4.15. The van der Waals surface area contributed by atoms with E-state index in [1.807, 2.05) is 0 Å². The van der Waals surface area contributed by atoms with Crippen molar-refractivity contribution in [2.45, 2.75) is 39.2 Å². The van der Waals surface area contributed by atoms with Gasteiger partial charge in [0.15, 0.2) is 0 Å². The summed E-state index contributed by atoms with van der Waals surface area (Å²) in [6, 6.07) is -0.218. The average molecular weight is 227 g/mol. The topological polar surface area (TPSA) is 58.4 Å². The maximum atomic E-state index is 11.2. The molecule has 0 bridgehead atoms. The Balaban J connectivity index is 2.50. The van der Waals surface area contributed by atoms with E-state index in [1.165, 1.54) is 19.3 Å². The van der Waals surface area contributed by atoms with Gasteiger partial charge in [-0.3, -0.25) is 4.79 Å². The molecule has 1 heterocycles. The van der Waals surface area contributed by atoms with E-state index < -0.39 is 0 Å². The summed E-state index contributed by atoms with van der Waals surface area (Å²) in [6.45, 7) is 7.46. The predicted octanol–water partition coefficient (Wildman–Crippen LogP) is 0.572. The number of nitrogens with one attached hydrogen (secondary N) is 1. The van der Waals surface area contributed by atoms with Gasteiger partial charge < -0.3 is 16.0 Å². The van der Waals surface area contributed by atoms with E-state index in [0.717, 1.165) is 19.6 Å². The van der Waals surface area contributed by atoms with E-state index in [-0.39, 0.29) is 11.9 Å². The third-order valence-corrected chi connectivity index (χ3v) is 4.15. The number of hydrogen-bond acceptors (Lipinski definition) is 3. The number of rotatable bonds is 6. The second-order valence-electron chi connectivity index (χ2n) is 4.94. The van der Waals surface area contributed by atoms with Crippen LogP contribution < -0.4 is 11.1 Å². The molecule has 16 heavy (non-hydrogen) atoms. The molecule has 1 aliphatic rings. The molecule has 1 amide bonds. The summed E-state index contributed by atoms with van der Waals surface area (Å²) < 4.78 is 0. The zero-order valence-electron chi connectivity index (χ0n) is 10.8. The number of likely N-dealkylation sites (N-methyl/N-ethyl adjacent to an activating group) is 1. The maximum absolute atomic E-state index is 11.2. The Hall–Kier alpha value is -0.610. The standard InChI is InChI=1S/C12H25N3O/c1-4-12(5-2)6-7-15(9-12)8-10(14-3)11(13)16/h10,14H,4-9H2,1-3H3,(H2,13,16).